The molecule has 166 valence electrons. The molecule has 0 fully saturated rings. The van der Waals surface area contributed by atoms with Crippen LogP contribution >= 0.6 is 0 Å². The first-order valence-electron chi connectivity index (χ1n) is 11.8. The Labute approximate surface area is 211 Å². The number of benzene rings is 2. The Bertz CT molecular complexity index is 1080. The van der Waals surface area contributed by atoms with Crippen LogP contribution in [-0.4, -0.2) is 5.43 Å². The molecule has 0 spiro atoms. The van der Waals surface area contributed by atoms with Gasteiger partial charge in [-0.05, 0) is 18.4 Å². The molecule has 0 bridgehead atoms. The van der Waals surface area contributed by atoms with Gasteiger partial charge < -0.3 is 0 Å². The molecule has 4 rings (SSSR count). The van der Waals surface area contributed by atoms with Crippen LogP contribution in [0, 0.1) is 12.0 Å². The zero-order valence-corrected chi connectivity index (χ0v) is 24.4. The number of fused-ring (bicyclic) bond motifs is 1. The van der Waals surface area contributed by atoms with Gasteiger partial charge in [0, 0.05) is 0 Å². The molecule has 0 heterocycles. The zero-order chi connectivity index (χ0) is 23.7. The fraction of sp³-hybridized carbons (Fsp3) is 0.367. The minimum atomic E-state index is 0.210. The summed E-state index contributed by atoms with van der Waals surface area (Å²) in [5.74, 6) is 0.560. The molecule has 0 amide bonds. The molecule has 1 unspecified atom stereocenters. The average Bonchev–Trinajstić information content (AvgIpc) is 3.29. The summed E-state index contributed by atoms with van der Waals surface area (Å²) in [5, 5.41) is 2.68. The van der Waals surface area contributed by atoms with Crippen molar-refractivity contribution in [3.05, 3.63) is 89.0 Å². The van der Waals surface area contributed by atoms with Gasteiger partial charge in [0.05, 0.1) is 0 Å². The molecule has 0 aliphatic heterocycles. The number of hydrogen-bond donors (Lipinski definition) is 0. The fourth-order valence-corrected chi connectivity index (χ4v) is 3.80. The summed E-state index contributed by atoms with van der Waals surface area (Å²) < 4.78 is 0. The second kappa shape index (κ2) is 13.4. The molecule has 1 aliphatic carbocycles. The van der Waals surface area contributed by atoms with Crippen molar-refractivity contribution in [3.63, 3.8) is 0 Å². The predicted octanol–water partition coefficient (Wildman–Crippen LogP) is 9.07. The summed E-state index contributed by atoms with van der Waals surface area (Å²) in [5.41, 5.74) is 8.57. The van der Waals surface area contributed by atoms with Crippen molar-refractivity contribution in [3.8, 4) is 11.1 Å². The van der Waals surface area contributed by atoms with Gasteiger partial charge in [0.2, 0.25) is 0 Å². The molecule has 0 N–H and O–H groups in total. The molecule has 3 aromatic carbocycles. The van der Waals surface area contributed by atoms with Gasteiger partial charge in [-0.15, -0.1) is 53.6 Å². The second-order valence-electron chi connectivity index (χ2n) is 8.93. The minimum absolute atomic E-state index is 0.210. The summed E-state index contributed by atoms with van der Waals surface area (Å²) in [7, 11) is 0. The van der Waals surface area contributed by atoms with Crippen molar-refractivity contribution in [2.24, 2.45) is 5.92 Å². The van der Waals surface area contributed by atoms with Crippen LogP contribution < -0.4 is 0 Å². The third-order valence-electron chi connectivity index (χ3n) is 6.00. The van der Waals surface area contributed by atoms with E-state index in [1.807, 2.05) is 0 Å². The zero-order valence-electron chi connectivity index (χ0n) is 21.0. The quantitative estimate of drug-likeness (QED) is 0.239. The van der Waals surface area contributed by atoms with Crippen molar-refractivity contribution < 1.29 is 23.3 Å². The molecule has 0 saturated carbocycles. The van der Waals surface area contributed by atoms with Gasteiger partial charge in [-0.2, -0.15) is 11.1 Å². The summed E-state index contributed by atoms with van der Waals surface area (Å²) in [4.78, 5) is 0. The van der Waals surface area contributed by atoms with E-state index in [2.05, 4.69) is 114 Å². The Kier molecular flexibility index (Phi) is 11.2. The molecule has 0 radical (unpaired) electrons. The first-order valence-corrected chi connectivity index (χ1v) is 18.0. The monoisotopic (exact) mass is 516 g/mol. The standard InChI is InChI=1S/C19H19.C9H13.C2H6Si.Zr/c1-2-3-6-15-9-11-17(12-10-15)19-14-13-16-7-4-5-8-18(16)19;1-6-5-7(2)9(4)8(6)3;1-3-2;/h4-5,7-14H,2-3,6H2,1H3;6H,1-4H3;1-2H3;/q2*-1;;+2. The first-order chi connectivity index (χ1) is 15.2. The van der Waals surface area contributed by atoms with E-state index in [9.17, 15) is 0 Å². The molecule has 3 aromatic rings. The van der Waals surface area contributed by atoms with Crippen LogP contribution in [0.15, 0.2) is 77.4 Å². The molecule has 1 atom stereocenters. The van der Waals surface area contributed by atoms with Crippen LogP contribution in [-0.2, 0) is 29.8 Å². The number of allylic oxidation sites excluding steroid dienone is 4. The van der Waals surface area contributed by atoms with Crippen LogP contribution in [0.1, 0.15) is 53.0 Å². The Balaban J connectivity index is 0.000000233. The third-order valence-corrected chi connectivity index (χ3v) is 6.00. The van der Waals surface area contributed by atoms with Crippen LogP contribution in [0.25, 0.3) is 21.9 Å². The number of rotatable bonds is 4. The Morgan fingerprint density at radius 3 is 2.12 bits per heavy atom. The van der Waals surface area contributed by atoms with Gasteiger partial charge in [-0.25, -0.2) is 5.57 Å². The Morgan fingerprint density at radius 2 is 1.62 bits per heavy atom. The van der Waals surface area contributed by atoms with E-state index in [1.54, 1.807) is 23.3 Å². The molecular formula is C30H38SiZr. The van der Waals surface area contributed by atoms with Crippen LogP contribution in [0.5, 0.6) is 0 Å². The van der Waals surface area contributed by atoms with Crippen LogP contribution in [0.4, 0.5) is 0 Å². The Morgan fingerprint density at radius 1 is 1.00 bits per heavy atom. The van der Waals surface area contributed by atoms with Gasteiger partial charge in [-0.3, -0.25) is 6.08 Å². The second-order valence-corrected chi connectivity index (χ2v) is 18.3. The van der Waals surface area contributed by atoms with E-state index < -0.39 is 0 Å². The van der Waals surface area contributed by atoms with Crippen LogP contribution in [0.3, 0.4) is 0 Å². The molecular weight excluding hydrogens is 480 g/mol. The van der Waals surface area contributed by atoms with Crippen LogP contribution in [0.2, 0.25) is 13.1 Å². The normalized spacial score (nSPS) is 15.0. The maximum atomic E-state index is 3.36. The molecule has 0 nitrogen and oxygen atoms in total. The fourth-order valence-electron chi connectivity index (χ4n) is 3.80. The summed E-state index contributed by atoms with van der Waals surface area (Å²) in [6.07, 6.45) is 7.09. The van der Waals surface area contributed by atoms with Gasteiger partial charge in [-0.1, -0.05) is 75.9 Å². The molecule has 1 aliphatic rings. The number of unbranched alkanes of at least 4 members (excludes halogenated alkanes) is 1. The average molecular weight is 518 g/mol. The van der Waals surface area contributed by atoms with Crippen molar-refractivity contribution in [1.82, 2.24) is 0 Å². The van der Waals surface area contributed by atoms with Crippen molar-refractivity contribution in [2.45, 2.75) is 67.0 Å². The van der Waals surface area contributed by atoms with E-state index in [4.69, 9.17) is 0 Å². The molecule has 2 heteroatoms. The van der Waals surface area contributed by atoms with E-state index in [-0.39, 0.29) is 5.43 Å². The molecule has 0 saturated heterocycles. The van der Waals surface area contributed by atoms with Gasteiger partial charge in [0.15, 0.2) is 0 Å². The number of aryl methyl sites for hydroxylation is 1. The van der Waals surface area contributed by atoms with Gasteiger partial charge >= 0.3 is 41.9 Å². The van der Waals surface area contributed by atoms with Gasteiger partial charge in [0.1, 0.15) is 0 Å². The maximum absolute atomic E-state index is 3.36. The van der Waals surface area contributed by atoms with E-state index in [0.29, 0.717) is 5.92 Å². The van der Waals surface area contributed by atoms with E-state index in [1.165, 1.54) is 63.4 Å². The first kappa shape index (κ1) is 26.9. The predicted molar refractivity (Wildman–Crippen MR) is 141 cm³/mol. The molecule has 32 heavy (non-hydrogen) atoms. The Hall–Kier alpha value is -1.37. The van der Waals surface area contributed by atoms with E-state index >= 15 is 0 Å². The third kappa shape index (κ3) is 7.89. The summed E-state index contributed by atoms with van der Waals surface area (Å²) >= 11 is 1.74. The van der Waals surface area contributed by atoms with Crippen molar-refractivity contribution in [1.29, 1.82) is 0 Å². The molecule has 0 aromatic heterocycles. The van der Waals surface area contributed by atoms with Gasteiger partial charge in [0.25, 0.3) is 0 Å². The van der Waals surface area contributed by atoms with Crippen molar-refractivity contribution >= 4 is 16.2 Å². The topological polar surface area (TPSA) is 0 Å². The number of hydrogen-bond acceptors (Lipinski definition) is 0. The summed E-state index contributed by atoms with van der Waals surface area (Å²) in [6.45, 7) is 15.5. The van der Waals surface area contributed by atoms with Crippen molar-refractivity contribution in [2.75, 3.05) is 0 Å². The van der Waals surface area contributed by atoms with E-state index in [0.717, 1.165) is 0 Å². The summed E-state index contributed by atoms with van der Waals surface area (Å²) in [6, 6.07) is 22.1. The SMILES string of the molecule is CC1=[C-]C(C)C(C)=C1C.CCCCc1ccc(-c2c[cH-]c3ccccc23)cc1.C[Si](C)=[Zr+2].